The second kappa shape index (κ2) is 9.74. The van der Waals surface area contributed by atoms with E-state index in [2.05, 4.69) is 37.2 Å². The monoisotopic (exact) mass is 515 g/mol. The van der Waals surface area contributed by atoms with E-state index in [1.54, 1.807) is 13.0 Å². The zero-order valence-corrected chi connectivity index (χ0v) is 20.2. The van der Waals surface area contributed by atoms with E-state index in [-0.39, 0.29) is 56.3 Å². The van der Waals surface area contributed by atoms with Gasteiger partial charge in [-0.15, -0.1) is 6.54 Å². The number of aryl methyl sites for hydroxylation is 1. The fraction of sp³-hybridized carbons (Fsp3) is 0.364. The van der Waals surface area contributed by atoms with Gasteiger partial charge in [0.2, 0.25) is 0 Å². The molecule has 0 bridgehead atoms. The third-order valence-corrected chi connectivity index (χ3v) is 7.50. The topological polar surface area (TPSA) is 120 Å². The Hall–Kier alpha value is 1.15. The van der Waals surface area contributed by atoms with Crippen LogP contribution >= 0.6 is 31.9 Å². The van der Waals surface area contributed by atoms with Gasteiger partial charge in [0.15, 0.2) is 9.84 Å². The van der Waals surface area contributed by atoms with E-state index in [9.17, 15) is 21.6 Å². The predicted molar refractivity (Wildman–Crippen MR) is 88.3 cm³/mol. The minimum Gasteiger partial charge on any atom is -0.652 e. The minimum absolute atomic E-state index is 0. The molecule has 7 nitrogen and oxygen atoms in total. The van der Waals surface area contributed by atoms with Gasteiger partial charge >= 0.3 is 51.4 Å². The van der Waals surface area contributed by atoms with Gasteiger partial charge in [0.25, 0.3) is 10.1 Å². The molecule has 0 aliphatic carbocycles. The van der Waals surface area contributed by atoms with Crippen molar-refractivity contribution < 1.29 is 77.6 Å². The Kier molecular flexibility index (Phi) is 10.2. The van der Waals surface area contributed by atoms with Gasteiger partial charge in [0, 0.05) is 4.47 Å². The largest absolute Gasteiger partial charge is 1.00 e. The maximum atomic E-state index is 12.2. The number of hydrogen-bond acceptors (Lipinski definition) is 5. The van der Waals surface area contributed by atoms with E-state index in [0.29, 0.717) is 8.95 Å². The number of benzene rings is 1. The molecule has 0 atom stereocenters. The fourth-order valence-corrected chi connectivity index (χ4v) is 4.65. The van der Waals surface area contributed by atoms with Crippen LogP contribution < -0.4 is 51.4 Å². The van der Waals surface area contributed by atoms with E-state index >= 15 is 0 Å². The van der Waals surface area contributed by atoms with E-state index in [4.69, 9.17) is 4.55 Å². The van der Waals surface area contributed by atoms with Crippen molar-refractivity contribution in [3.63, 3.8) is 0 Å². The van der Waals surface area contributed by atoms with Crippen LogP contribution in [0.5, 0.6) is 0 Å². The van der Waals surface area contributed by atoms with Crippen molar-refractivity contribution in [3.05, 3.63) is 32.0 Å². The molecule has 0 aromatic heterocycles. The molecule has 0 saturated heterocycles. The van der Waals surface area contributed by atoms with Crippen molar-refractivity contribution in [1.29, 1.82) is 0 Å². The Morgan fingerprint density at radius 1 is 1.17 bits per heavy atom. The summed E-state index contributed by atoms with van der Waals surface area (Å²) in [5.41, 5.74) is 0.815. The van der Waals surface area contributed by atoms with Crippen LogP contribution in [-0.2, 0) is 24.7 Å². The Labute approximate surface area is 194 Å². The average Bonchev–Trinajstić information content (AvgIpc) is 2.33. The van der Waals surface area contributed by atoms with Crippen LogP contribution in [0.3, 0.4) is 0 Å². The first-order chi connectivity index (χ1) is 9.94. The van der Waals surface area contributed by atoms with Crippen molar-refractivity contribution in [2.24, 2.45) is 0 Å². The van der Waals surface area contributed by atoms with Gasteiger partial charge in [-0.25, -0.2) is 8.42 Å². The maximum Gasteiger partial charge on any atom is 1.00 e. The van der Waals surface area contributed by atoms with Crippen LogP contribution in [0.25, 0.3) is 5.32 Å². The Morgan fingerprint density at radius 3 is 2.26 bits per heavy atom. The number of halogens is 2. The van der Waals surface area contributed by atoms with E-state index in [1.165, 1.54) is 6.07 Å². The predicted octanol–water partition coefficient (Wildman–Crippen LogP) is -0.914. The van der Waals surface area contributed by atoms with Gasteiger partial charge < -0.3 is 10.1 Å². The summed E-state index contributed by atoms with van der Waals surface area (Å²) >= 11 is 6.39. The van der Waals surface area contributed by atoms with Crippen LogP contribution in [0.2, 0.25) is 0 Å². The number of rotatable bonds is 6. The molecule has 124 valence electrons. The smallest absolute Gasteiger partial charge is 0.652 e. The van der Waals surface area contributed by atoms with E-state index in [0.717, 1.165) is 5.56 Å². The quantitative estimate of drug-likeness (QED) is 0.386. The zero-order valence-electron chi connectivity index (χ0n) is 12.3. The standard InChI is InChI=1S/C11H13Br2NO6S2.K/c1-7-2-3-8(11(13)10(7)12)21(16,17)6-9(15)14-4-5-22(18,19)20;/h2-3H,4-6H2,1H3,(H2,14,15,18,19,20);/q;+1/p-1. The number of carbonyl (C=O) groups is 1. The van der Waals surface area contributed by atoms with Crippen molar-refractivity contribution in [3.8, 4) is 0 Å². The molecule has 0 aliphatic rings. The Bertz CT molecular complexity index is 795. The van der Waals surface area contributed by atoms with E-state index in [1.807, 2.05) is 0 Å². The molecule has 1 aromatic carbocycles. The van der Waals surface area contributed by atoms with Crippen molar-refractivity contribution >= 4 is 57.7 Å². The molecular weight excluding hydrogens is 505 g/mol. The summed E-state index contributed by atoms with van der Waals surface area (Å²) in [7, 11) is -8.17. The van der Waals surface area contributed by atoms with Crippen LogP contribution in [0, 0.1) is 6.92 Å². The molecular formula is C11H12Br2KNO6S2. The van der Waals surface area contributed by atoms with Crippen LogP contribution in [0.15, 0.2) is 26.0 Å². The first-order valence-corrected chi connectivity index (χ1v) is 10.6. The molecule has 0 spiro atoms. The molecule has 23 heavy (non-hydrogen) atoms. The summed E-state index contributed by atoms with van der Waals surface area (Å²) in [5.74, 6) is -2.60. The van der Waals surface area contributed by atoms with Crippen LogP contribution in [0.1, 0.15) is 5.56 Å². The summed E-state index contributed by atoms with van der Waals surface area (Å²) in [5, 5.41) is 3.31. The summed E-state index contributed by atoms with van der Waals surface area (Å²) < 4.78 is 54.7. The molecule has 0 saturated carbocycles. The van der Waals surface area contributed by atoms with E-state index < -0.39 is 43.9 Å². The Balaban J connectivity index is 0.00000484. The number of amides is 1. The molecule has 1 rings (SSSR count). The summed E-state index contributed by atoms with van der Waals surface area (Å²) in [6.45, 7) is 1.28. The third kappa shape index (κ3) is 7.92. The SMILES string of the molecule is Cc1ccc(S(=O)(=O)CC(=O)[N-]CCS(=O)(=O)O)c(Br)c1Br.[K+]. The minimum atomic E-state index is -4.24. The Morgan fingerprint density at radius 2 is 1.74 bits per heavy atom. The van der Waals surface area contributed by atoms with Crippen LogP contribution in [0.4, 0.5) is 0 Å². The second-order valence-electron chi connectivity index (χ2n) is 4.33. The molecule has 0 heterocycles. The van der Waals surface area contributed by atoms with Crippen molar-refractivity contribution in [2.45, 2.75) is 11.8 Å². The van der Waals surface area contributed by atoms with Gasteiger partial charge in [0.05, 0.1) is 26.8 Å². The molecule has 1 N–H and O–H groups in total. The number of nitrogens with zero attached hydrogens (tertiary/aromatic N) is 1. The molecule has 1 amide bonds. The maximum absolute atomic E-state index is 12.2. The van der Waals surface area contributed by atoms with Gasteiger partial charge in [-0.1, -0.05) is 6.07 Å². The zero-order chi connectivity index (χ0) is 17.1. The summed E-state index contributed by atoms with van der Waals surface area (Å²) in [4.78, 5) is 11.5. The van der Waals surface area contributed by atoms with Gasteiger partial charge in [0.1, 0.15) is 0 Å². The normalized spacial score (nSPS) is 11.7. The van der Waals surface area contributed by atoms with Crippen LogP contribution in [-0.4, -0.2) is 45.3 Å². The third-order valence-electron chi connectivity index (χ3n) is 2.53. The average molecular weight is 517 g/mol. The number of hydrogen-bond donors (Lipinski definition) is 1. The molecule has 1 aromatic rings. The summed E-state index contributed by atoms with van der Waals surface area (Å²) in [6.07, 6.45) is 0. The summed E-state index contributed by atoms with van der Waals surface area (Å²) in [6, 6.07) is 2.95. The van der Waals surface area contributed by atoms with Crippen molar-refractivity contribution in [2.75, 3.05) is 18.1 Å². The molecule has 0 fully saturated rings. The van der Waals surface area contributed by atoms with Gasteiger partial charge in [-0.3, -0.25) is 4.55 Å². The molecule has 0 radical (unpaired) electrons. The molecule has 12 heteroatoms. The molecule has 0 aliphatic heterocycles. The first-order valence-electron chi connectivity index (χ1n) is 5.77. The molecule has 0 unspecified atom stereocenters. The fourth-order valence-electron chi connectivity index (χ4n) is 1.44. The second-order valence-corrected chi connectivity index (χ2v) is 9.45. The van der Waals surface area contributed by atoms with Gasteiger partial charge in [-0.05, 0) is 50.4 Å². The first kappa shape index (κ1) is 24.1. The van der Waals surface area contributed by atoms with Gasteiger partial charge in [-0.2, -0.15) is 8.42 Å². The number of sulfone groups is 1. The number of carbonyl (C=O) groups excluding carboxylic acids is 1. The van der Waals surface area contributed by atoms with Crippen molar-refractivity contribution in [1.82, 2.24) is 0 Å².